The highest BCUT2D eigenvalue weighted by atomic mass is 16.2. The molecule has 5 fully saturated rings. The summed E-state index contributed by atoms with van der Waals surface area (Å²) in [6.45, 7) is 2.71. The van der Waals surface area contributed by atoms with Crippen LogP contribution in [-0.2, 0) is 0 Å². The second-order valence-electron chi connectivity index (χ2n) is 9.24. The van der Waals surface area contributed by atoms with E-state index in [1.54, 1.807) is 4.90 Å². The first-order chi connectivity index (χ1) is 11.5. The van der Waals surface area contributed by atoms with Gasteiger partial charge in [-0.05, 0) is 68.6 Å². The van der Waals surface area contributed by atoms with E-state index in [1.807, 2.05) is 19.0 Å². The minimum Gasteiger partial charge on any atom is -0.331 e. The summed E-state index contributed by atoms with van der Waals surface area (Å²) >= 11 is 0. The minimum absolute atomic E-state index is 0.0318. The molecule has 3 N–H and O–H groups in total. The van der Waals surface area contributed by atoms with E-state index in [1.165, 1.54) is 32.1 Å². The van der Waals surface area contributed by atoms with Crippen molar-refractivity contribution in [2.75, 3.05) is 33.7 Å². The number of hydrogen-bond acceptors (Lipinski definition) is 3. The maximum atomic E-state index is 12.0. The standard InChI is InChI=1S/C19H34N4O/c1-22(2)18(24)23-5-3-17(4-6-23)21-12-19(20)15-8-13-7-14(10-15)11-16(19)9-13/h13-17,21H,3-12,20H2,1-2H3. The zero-order chi connectivity index (χ0) is 16.9. The summed E-state index contributed by atoms with van der Waals surface area (Å²) in [4.78, 5) is 15.7. The largest absolute Gasteiger partial charge is 0.331 e. The van der Waals surface area contributed by atoms with Crippen molar-refractivity contribution in [3.05, 3.63) is 0 Å². The van der Waals surface area contributed by atoms with Crippen molar-refractivity contribution < 1.29 is 4.79 Å². The molecule has 0 unspecified atom stereocenters. The van der Waals surface area contributed by atoms with Crippen LogP contribution in [-0.4, -0.2) is 61.1 Å². The zero-order valence-electron chi connectivity index (χ0n) is 15.3. The Morgan fingerprint density at radius 1 is 1.08 bits per heavy atom. The first-order valence-electron chi connectivity index (χ1n) is 9.94. The van der Waals surface area contributed by atoms with E-state index in [4.69, 9.17) is 5.73 Å². The number of piperidine rings is 1. The number of nitrogens with one attached hydrogen (secondary N) is 1. The zero-order valence-corrected chi connectivity index (χ0v) is 15.3. The highest BCUT2D eigenvalue weighted by Gasteiger charge is 2.55. The van der Waals surface area contributed by atoms with Crippen molar-refractivity contribution in [1.82, 2.24) is 15.1 Å². The average molecular weight is 335 g/mol. The molecule has 5 aliphatic rings. The molecule has 0 spiro atoms. The summed E-state index contributed by atoms with van der Waals surface area (Å²) in [5, 5.41) is 3.80. The fourth-order valence-corrected chi connectivity index (χ4v) is 6.23. The number of carbonyl (C=O) groups excluding carboxylic acids is 1. The molecule has 4 saturated carbocycles. The second-order valence-corrected chi connectivity index (χ2v) is 9.24. The van der Waals surface area contributed by atoms with Crippen LogP contribution < -0.4 is 11.1 Å². The summed E-state index contributed by atoms with van der Waals surface area (Å²) < 4.78 is 0. The van der Waals surface area contributed by atoms with Gasteiger partial charge in [-0.15, -0.1) is 0 Å². The van der Waals surface area contributed by atoms with Crippen LogP contribution in [0.3, 0.4) is 0 Å². The predicted octanol–water partition coefficient (Wildman–Crippen LogP) is 1.88. The molecule has 5 rings (SSSR count). The van der Waals surface area contributed by atoms with Gasteiger partial charge in [-0.25, -0.2) is 4.79 Å². The number of rotatable bonds is 3. The van der Waals surface area contributed by atoms with Crippen LogP contribution in [0.1, 0.15) is 44.9 Å². The van der Waals surface area contributed by atoms with E-state index >= 15 is 0 Å². The second kappa shape index (κ2) is 6.17. The van der Waals surface area contributed by atoms with E-state index in [-0.39, 0.29) is 11.6 Å². The lowest BCUT2D eigenvalue weighted by Crippen LogP contribution is -2.67. The van der Waals surface area contributed by atoms with Crippen LogP contribution >= 0.6 is 0 Å². The molecular weight excluding hydrogens is 300 g/mol. The van der Waals surface area contributed by atoms with Gasteiger partial charge in [0, 0.05) is 45.3 Å². The van der Waals surface area contributed by atoms with Crippen molar-refractivity contribution in [1.29, 1.82) is 0 Å². The molecule has 4 aliphatic carbocycles. The average Bonchev–Trinajstić information content (AvgIpc) is 2.57. The van der Waals surface area contributed by atoms with E-state index in [9.17, 15) is 4.79 Å². The van der Waals surface area contributed by atoms with Gasteiger partial charge in [0.15, 0.2) is 0 Å². The van der Waals surface area contributed by atoms with E-state index in [0.717, 1.165) is 56.1 Å². The molecule has 136 valence electrons. The van der Waals surface area contributed by atoms with Crippen LogP contribution in [0.2, 0.25) is 0 Å². The Bertz CT molecular complexity index is 456. The first-order valence-corrected chi connectivity index (χ1v) is 9.94. The van der Waals surface area contributed by atoms with Crippen LogP contribution in [0.25, 0.3) is 0 Å². The third-order valence-electron chi connectivity index (χ3n) is 7.50. The van der Waals surface area contributed by atoms with Gasteiger partial charge in [-0.2, -0.15) is 0 Å². The molecular formula is C19H34N4O. The normalized spacial score (nSPS) is 41.7. The molecule has 5 nitrogen and oxygen atoms in total. The van der Waals surface area contributed by atoms with Gasteiger partial charge in [-0.1, -0.05) is 0 Å². The van der Waals surface area contributed by atoms with Gasteiger partial charge in [0.1, 0.15) is 0 Å². The quantitative estimate of drug-likeness (QED) is 0.828. The van der Waals surface area contributed by atoms with Crippen molar-refractivity contribution in [3.8, 4) is 0 Å². The molecule has 1 saturated heterocycles. The number of nitrogens with two attached hydrogens (primary N) is 1. The lowest BCUT2D eigenvalue weighted by Gasteiger charge is -2.60. The minimum atomic E-state index is 0.0318. The Kier molecular flexibility index (Phi) is 4.28. The Morgan fingerprint density at radius 2 is 1.62 bits per heavy atom. The molecule has 0 aromatic rings. The van der Waals surface area contributed by atoms with Gasteiger partial charge in [0.05, 0.1) is 0 Å². The summed E-state index contributed by atoms with van der Waals surface area (Å²) in [6.07, 6.45) is 9.09. The molecule has 4 bridgehead atoms. The summed E-state index contributed by atoms with van der Waals surface area (Å²) in [7, 11) is 3.66. The van der Waals surface area contributed by atoms with Gasteiger partial charge in [0.2, 0.25) is 0 Å². The molecule has 24 heavy (non-hydrogen) atoms. The molecule has 1 aliphatic heterocycles. The van der Waals surface area contributed by atoms with Crippen molar-refractivity contribution in [2.45, 2.75) is 56.5 Å². The van der Waals surface area contributed by atoms with Gasteiger partial charge in [-0.3, -0.25) is 0 Å². The lowest BCUT2D eigenvalue weighted by atomic mass is 9.49. The van der Waals surface area contributed by atoms with E-state index < -0.39 is 0 Å². The lowest BCUT2D eigenvalue weighted by molar-refractivity contribution is -0.0554. The highest BCUT2D eigenvalue weighted by Crippen LogP contribution is 2.57. The summed E-state index contributed by atoms with van der Waals surface area (Å²) in [6, 6.07) is 0.665. The fourth-order valence-electron chi connectivity index (χ4n) is 6.23. The van der Waals surface area contributed by atoms with Crippen LogP contribution in [0.15, 0.2) is 0 Å². The third-order valence-corrected chi connectivity index (χ3v) is 7.50. The van der Waals surface area contributed by atoms with Crippen molar-refractivity contribution >= 4 is 6.03 Å². The van der Waals surface area contributed by atoms with E-state index in [0.29, 0.717) is 6.04 Å². The first kappa shape index (κ1) is 16.6. The molecule has 0 aromatic carbocycles. The summed E-state index contributed by atoms with van der Waals surface area (Å²) in [5.74, 6) is 3.45. The van der Waals surface area contributed by atoms with Crippen LogP contribution in [0.5, 0.6) is 0 Å². The Morgan fingerprint density at radius 3 is 2.12 bits per heavy atom. The molecule has 1 heterocycles. The Labute approximate surface area is 146 Å². The van der Waals surface area contributed by atoms with Crippen LogP contribution in [0.4, 0.5) is 4.79 Å². The predicted molar refractivity (Wildman–Crippen MR) is 95.6 cm³/mol. The van der Waals surface area contributed by atoms with Crippen LogP contribution in [0, 0.1) is 23.7 Å². The Balaban J connectivity index is 1.29. The van der Waals surface area contributed by atoms with Crippen molar-refractivity contribution in [2.24, 2.45) is 29.4 Å². The van der Waals surface area contributed by atoms with Gasteiger partial charge >= 0.3 is 6.03 Å². The van der Waals surface area contributed by atoms with Gasteiger partial charge < -0.3 is 20.9 Å². The number of carbonyl (C=O) groups is 1. The monoisotopic (exact) mass is 334 g/mol. The fraction of sp³-hybridized carbons (Fsp3) is 0.947. The highest BCUT2D eigenvalue weighted by molar-refractivity contribution is 5.73. The number of likely N-dealkylation sites (tertiary alicyclic amines) is 1. The van der Waals surface area contributed by atoms with E-state index in [2.05, 4.69) is 5.32 Å². The number of nitrogens with zero attached hydrogens (tertiary/aromatic N) is 2. The maximum Gasteiger partial charge on any atom is 0.319 e. The topological polar surface area (TPSA) is 61.6 Å². The molecule has 0 aromatic heterocycles. The Hall–Kier alpha value is -0.810. The number of urea groups is 1. The number of amides is 2. The molecule has 0 radical (unpaired) electrons. The smallest absolute Gasteiger partial charge is 0.319 e. The SMILES string of the molecule is CN(C)C(=O)N1CCC(NCC2(N)C3CC4CC(C3)CC2C4)CC1. The molecule has 0 atom stereocenters. The van der Waals surface area contributed by atoms with Crippen molar-refractivity contribution in [3.63, 3.8) is 0 Å². The molecule has 5 heteroatoms. The summed E-state index contributed by atoms with van der Waals surface area (Å²) in [5.41, 5.74) is 7.02. The number of hydrogen-bond donors (Lipinski definition) is 2. The molecule has 2 amide bonds. The third kappa shape index (κ3) is 2.84. The van der Waals surface area contributed by atoms with Gasteiger partial charge in [0.25, 0.3) is 0 Å². The maximum absolute atomic E-state index is 12.0.